The largest absolute Gasteiger partial charge is 0.617 e. The molecule has 7 nitrogen and oxygen atoms in total. The van der Waals surface area contributed by atoms with Gasteiger partial charge in [0.2, 0.25) is 0 Å². The van der Waals surface area contributed by atoms with Gasteiger partial charge in [-0.05, 0) is 19.2 Å². The number of hydrogen-bond acceptors (Lipinski definition) is 5. The molecule has 0 spiro atoms. The molecule has 4 rings (SSSR count). The van der Waals surface area contributed by atoms with Crippen molar-refractivity contribution >= 4 is 16.7 Å². The minimum Gasteiger partial charge on any atom is -0.617 e. The Balaban J connectivity index is 1.94. The third-order valence-corrected chi connectivity index (χ3v) is 5.11. The van der Waals surface area contributed by atoms with Gasteiger partial charge >= 0.3 is 11.4 Å². The molecule has 1 aliphatic rings. The van der Waals surface area contributed by atoms with Crippen molar-refractivity contribution in [3.63, 3.8) is 0 Å². The number of nitrogens with zero attached hydrogens (tertiary/aromatic N) is 5. The molecule has 0 unspecified atom stereocenters. The van der Waals surface area contributed by atoms with Crippen LogP contribution in [0.1, 0.15) is 5.69 Å². The van der Waals surface area contributed by atoms with Crippen molar-refractivity contribution in [1.82, 2.24) is 4.90 Å². The van der Waals surface area contributed by atoms with Gasteiger partial charge < -0.3 is 20.2 Å². The molecule has 2 aromatic carbocycles. The third-order valence-electron chi connectivity index (χ3n) is 5.11. The van der Waals surface area contributed by atoms with E-state index in [1.807, 2.05) is 18.0 Å². The molecule has 0 aliphatic carbocycles. The number of anilines is 1. The smallest absolute Gasteiger partial charge is 0.369 e. The lowest BCUT2D eigenvalue weighted by Gasteiger charge is -2.34. The van der Waals surface area contributed by atoms with Crippen molar-refractivity contribution in [3.8, 4) is 17.3 Å². The number of halogens is 1. The molecule has 142 valence electrons. The standard InChI is InChI=1S/C20H18FN5O2/c1-23-7-9-24(10-8-23)16-12-18-17(11-15(16)21)26(28)20(19(13-22)25(18)27)14-5-3-2-4-6-14/h2-6,11-12H,7-10H2,1H3. The Hall–Kier alpha value is -3.44. The van der Waals surface area contributed by atoms with Gasteiger partial charge in [0.15, 0.2) is 11.9 Å². The highest BCUT2D eigenvalue weighted by Gasteiger charge is 2.31. The van der Waals surface area contributed by atoms with Crippen molar-refractivity contribution in [1.29, 1.82) is 5.26 Å². The number of likely N-dealkylation sites (N-methyl/N-ethyl adjacent to an activating group) is 1. The van der Waals surface area contributed by atoms with Gasteiger partial charge in [-0.25, -0.2) is 4.39 Å². The molecule has 3 aromatic rings. The Morgan fingerprint density at radius 1 is 1.00 bits per heavy atom. The minimum absolute atomic E-state index is 0.0263. The molecule has 0 bridgehead atoms. The molecule has 0 atom stereocenters. The molecular weight excluding hydrogens is 361 g/mol. The van der Waals surface area contributed by atoms with Crippen molar-refractivity contribution in [2.45, 2.75) is 0 Å². The second-order valence-corrected chi connectivity index (χ2v) is 6.85. The van der Waals surface area contributed by atoms with Crippen molar-refractivity contribution in [2.75, 3.05) is 38.1 Å². The fourth-order valence-corrected chi connectivity index (χ4v) is 3.54. The number of fused-ring (bicyclic) bond motifs is 1. The van der Waals surface area contributed by atoms with Crippen LogP contribution in [0.15, 0.2) is 42.5 Å². The molecule has 1 saturated heterocycles. The van der Waals surface area contributed by atoms with Crippen LogP contribution in [0.4, 0.5) is 10.1 Å². The van der Waals surface area contributed by atoms with Crippen LogP contribution in [-0.4, -0.2) is 38.1 Å². The van der Waals surface area contributed by atoms with Gasteiger partial charge in [-0.1, -0.05) is 18.2 Å². The summed E-state index contributed by atoms with van der Waals surface area (Å²) < 4.78 is 15.7. The van der Waals surface area contributed by atoms with Crippen LogP contribution >= 0.6 is 0 Å². The molecule has 28 heavy (non-hydrogen) atoms. The summed E-state index contributed by atoms with van der Waals surface area (Å²) in [5.41, 5.74) is 0.150. The first-order chi connectivity index (χ1) is 13.5. The van der Waals surface area contributed by atoms with Crippen LogP contribution in [0.2, 0.25) is 0 Å². The van der Waals surface area contributed by atoms with Crippen LogP contribution in [0.5, 0.6) is 0 Å². The van der Waals surface area contributed by atoms with E-state index in [0.29, 0.717) is 28.1 Å². The Labute approximate surface area is 161 Å². The van der Waals surface area contributed by atoms with E-state index in [1.54, 1.807) is 30.3 Å². The maximum Gasteiger partial charge on any atom is 0.369 e. The average Bonchev–Trinajstić information content (AvgIpc) is 2.71. The molecular formula is C20H18FN5O2. The second kappa shape index (κ2) is 6.94. The summed E-state index contributed by atoms with van der Waals surface area (Å²) >= 11 is 0. The Morgan fingerprint density at radius 2 is 1.64 bits per heavy atom. The lowest BCUT2D eigenvalue weighted by molar-refractivity contribution is -0.622. The zero-order valence-electron chi connectivity index (χ0n) is 15.3. The van der Waals surface area contributed by atoms with Gasteiger partial charge in [-0.15, -0.1) is 4.73 Å². The fraction of sp³-hybridized carbons (Fsp3) is 0.250. The molecule has 1 fully saturated rings. The molecule has 0 radical (unpaired) electrons. The Bertz CT molecular complexity index is 1090. The summed E-state index contributed by atoms with van der Waals surface area (Å²) in [6, 6.07) is 12.7. The topological polar surface area (TPSA) is 84.2 Å². The number of hydrogen-bond donors (Lipinski definition) is 0. The molecule has 1 aromatic heterocycles. The van der Waals surface area contributed by atoms with Crippen LogP contribution in [0.3, 0.4) is 0 Å². The zero-order chi connectivity index (χ0) is 19.8. The lowest BCUT2D eigenvalue weighted by atomic mass is 10.1. The maximum absolute atomic E-state index is 14.8. The molecule has 0 amide bonds. The molecule has 2 heterocycles. The second-order valence-electron chi connectivity index (χ2n) is 6.85. The highest BCUT2D eigenvalue weighted by Crippen LogP contribution is 2.26. The molecule has 0 saturated carbocycles. The van der Waals surface area contributed by atoms with Gasteiger partial charge in [0.1, 0.15) is 0 Å². The number of rotatable bonds is 2. The highest BCUT2D eigenvalue weighted by atomic mass is 19.1. The quantitative estimate of drug-likeness (QED) is 0.498. The van der Waals surface area contributed by atoms with Crippen molar-refractivity contribution in [2.24, 2.45) is 0 Å². The summed E-state index contributed by atoms with van der Waals surface area (Å²) in [4.78, 5) is 3.98. The zero-order valence-corrected chi connectivity index (χ0v) is 15.3. The maximum atomic E-state index is 14.8. The lowest BCUT2D eigenvalue weighted by Crippen LogP contribution is -2.46. The number of piperazine rings is 1. The first-order valence-electron chi connectivity index (χ1n) is 8.92. The summed E-state index contributed by atoms with van der Waals surface area (Å²) in [5, 5.41) is 35.4. The average molecular weight is 379 g/mol. The SMILES string of the molecule is CN1CCN(c2cc3c(cc2F)[n+]([O-])c(-c2ccccc2)c(C#N)[n+]3[O-])CC1. The molecule has 8 heteroatoms. The number of benzene rings is 2. The van der Waals surface area contributed by atoms with E-state index >= 15 is 0 Å². The van der Waals surface area contributed by atoms with E-state index in [4.69, 9.17) is 0 Å². The van der Waals surface area contributed by atoms with Crippen LogP contribution < -0.4 is 14.4 Å². The van der Waals surface area contributed by atoms with E-state index < -0.39 is 5.82 Å². The minimum atomic E-state index is -0.564. The summed E-state index contributed by atoms with van der Waals surface area (Å²) in [6.45, 7) is 2.77. The normalized spacial score (nSPS) is 15.0. The Kier molecular flexibility index (Phi) is 4.45. The number of aromatic nitrogens is 2. The van der Waals surface area contributed by atoms with Crippen molar-refractivity contribution < 1.29 is 13.9 Å². The Morgan fingerprint density at radius 3 is 2.29 bits per heavy atom. The van der Waals surface area contributed by atoms with Gasteiger partial charge in [-0.2, -0.15) is 9.99 Å². The predicted molar refractivity (Wildman–Crippen MR) is 102 cm³/mol. The van der Waals surface area contributed by atoms with Gasteiger partial charge in [0.05, 0.1) is 17.3 Å². The summed E-state index contributed by atoms with van der Waals surface area (Å²) in [5.74, 6) is -0.564. The van der Waals surface area contributed by atoms with Crippen LogP contribution in [-0.2, 0) is 0 Å². The van der Waals surface area contributed by atoms with E-state index in [2.05, 4.69) is 4.90 Å². The highest BCUT2D eigenvalue weighted by molar-refractivity contribution is 5.76. The van der Waals surface area contributed by atoms with E-state index in [1.165, 1.54) is 6.07 Å². The van der Waals surface area contributed by atoms with Gasteiger partial charge in [0, 0.05) is 32.2 Å². The fourth-order valence-electron chi connectivity index (χ4n) is 3.54. The van der Waals surface area contributed by atoms with Gasteiger partial charge in [0.25, 0.3) is 11.0 Å². The summed E-state index contributed by atoms with van der Waals surface area (Å²) in [7, 11) is 1.99. The van der Waals surface area contributed by atoms with E-state index in [0.717, 1.165) is 19.2 Å². The monoisotopic (exact) mass is 379 g/mol. The third kappa shape index (κ3) is 2.86. The van der Waals surface area contributed by atoms with Crippen LogP contribution in [0.25, 0.3) is 22.3 Å². The number of nitriles is 1. The van der Waals surface area contributed by atoms with Gasteiger partial charge in [-0.3, -0.25) is 0 Å². The first kappa shape index (κ1) is 17.9. The molecule has 0 N–H and O–H groups in total. The molecule has 1 aliphatic heterocycles. The van der Waals surface area contributed by atoms with Crippen molar-refractivity contribution in [3.05, 3.63) is 64.4 Å². The van der Waals surface area contributed by atoms with E-state index in [-0.39, 0.29) is 28.1 Å². The summed E-state index contributed by atoms with van der Waals surface area (Å²) in [6.07, 6.45) is 0. The predicted octanol–water partition coefficient (Wildman–Crippen LogP) is 1.54. The van der Waals surface area contributed by atoms with E-state index in [9.17, 15) is 20.1 Å². The van der Waals surface area contributed by atoms with Crippen LogP contribution in [0, 0.1) is 27.6 Å². The first-order valence-corrected chi connectivity index (χ1v) is 8.92.